The van der Waals surface area contributed by atoms with Crippen LogP contribution < -0.4 is 5.73 Å². The quantitative estimate of drug-likeness (QED) is 0.328. The highest BCUT2D eigenvalue weighted by molar-refractivity contribution is 6.51. The van der Waals surface area contributed by atoms with E-state index >= 15 is 0 Å². The molecule has 0 saturated carbocycles. The Morgan fingerprint density at radius 3 is 2.58 bits per heavy atom. The minimum Gasteiger partial charge on any atom is -0.399 e. The number of allylic oxidation sites excluding steroid dienone is 2. The van der Waals surface area contributed by atoms with Crippen molar-refractivity contribution in [3.63, 3.8) is 0 Å². The number of nitrogen functional groups attached to an aromatic ring is 1. The van der Waals surface area contributed by atoms with Crippen LogP contribution in [0.15, 0.2) is 48.9 Å². The first-order valence-electron chi connectivity index (χ1n) is 13.2. The van der Waals surface area contributed by atoms with E-state index in [0.29, 0.717) is 53.4 Å². The van der Waals surface area contributed by atoms with Crippen molar-refractivity contribution in [3.8, 4) is 0 Å². The molecule has 2 aliphatic heterocycles. The van der Waals surface area contributed by atoms with Crippen molar-refractivity contribution in [2.24, 2.45) is 0 Å². The van der Waals surface area contributed by atoms with E-state index in [4.69, 9.17) is 5.73 Å². The van der Waals surface area contributed by atoms with Crippen LogP contribution in [0.5, 0.6) is 0 Å². The molecule has 38 heavy (non-hydrogen) atoms. The number of urea groups is 1. The summed E-state index contributed by atoms with van der Waals surface area (Å²) in [5, 5.41) is 0.830. The number of fused-ring (bicyclic) bond motifs is 1. The van der Waals surface area contributed by atoms with E-state index in [-0.39, 0.29) is 24.0 Å². The van der Waals surface area contributed by atoms with Gasteiger partial charge in [-0.15, -0.1) is 0 Å². The van der Waals surface area contributed by atoms with E-state index in [1.165, 1.54) is 6.42 Å². The number of piperidine rings is 1. The van der Waals surface area contributed by atoms with Crippen molar-refractivity contribution in [1.82, 2.24) is 23.8 Å². The summed E-state index contributed by atoms with van der Waals surface area (Å²) in [6, 6.07) is 9.50. The Labute approximate surface area is 219 Å². The van der Waals surface area contributed by atoms with Crippen molar-refractivity contribution in [1.29, 1.82) is 0 Å². The Morgan fingerprint density at radius 1 is 0.921 bits per heavy atom. The maximum absolute atomic E-state index is 13.3. The van der Waals surface area contributed by atoms with Crippen LogP contribution in [0.25, 0.3) is 27.7 Å². The monoisotopic (exact) mass is 508 g/mol. The number of rotatable bonds is 2. The molecular formula is C29H28N6O3. The SMILES string of the molecule is Nc1cc2c3c(c1)c(C1=C(c4cnc5ccccn45)C(=O)CC1=O)cn3CCN(C(=O)N1CCCCC1)C2. The minimum absolute atomic E-state index is 0.0698. The number of hydrogen-bond acceptors (Lipinski definition) is 5. The smallest absolute Gasteiger partial charge is 0.320 e. The topological polar surface area (TPSA) is 106 Å². The fourth-order valence-corrected chi connectivity index (χ4v) is 6.29. The highest BCUT2D eigenvalue weighted by Crippen LogP contribution is 2.41. The first-order valence-corrected chi connectivity index (χ1v) is 13.2. The molecule has 1 saturated heterocycles. The van der Waals surface area contributed by atoms with Gasteiger partial charge in [0, 0.05) is 67.3 Å². The number of likely N-dealkylation sites (tertiary alicyclic amines) is 1. The second kappa shape index (κ2) is 8.58. The summed E-state index contributed by atoms with van der Waals surface area (Å²) < 4.78 is 3.95. The summed E-state index contributed by atoms with van der Waals surface area (Å²) in [6.45, 7) is 3.20. The Kier molecular flexibility index (Phi) is 5.14. The number of benzene rings is 1. The van der Waals surface area contributed by atoms with Crippen LogP contribution in [0.2, 0.25) is 0 Å². The Balaban J connectivity index is 1.37. The molecular weight excluding hydrogens is 480 g/mol. The zero-order valence-corrected chi connectivity index (χ0v) is 21.0. The van der Waals surface area contributed by atoms with E-state index in [1.54, 1.807) is 6.20 Å². The predicted molar refractivity (Wildman–Crippen MR) is 144 cm³/mol. The molecule has 0 bridgehead atoms. The first kappa shape index (κ1) is 22.8. The summed E-state index contributed by atoms with van der Waals surface area (Å²) in [5.41, 5.74) is 11.7. The van der Waals surface area contributed by atoms with Crippen LogP contribution in [0.3, 0.4) is 0 Å². The molecule has 192 valence electrons. The van der Waals surface area contributed by atoms with E-state index in [0.717, 1.165) is 42.4 Å². The van der Waals surface area contributed by atoms with Gasteiger partial charge in [-0.2, -0.15) is 0 Å². The number of imidazole rings is 1. The predicted octanol–water partition coefficient (Wildman–Crippen LogP) is 3.75. The fraction of sp³-hybridized carbons (Fsp3) is 0.310. The molecule has 4 aromatic rings. The number of anilines is 1. The number of nitrogens with two attached hydrogens (primary N) is 1. The van der Waals surface area contributed by atoms with Crippen LogP contribution in [0.1, 0.15) is 42.5 Å². The van der Waals surface area contributed by atoms with Crippen molar-refractivity contribution < 1.29 is 14.4 Å². The number of carbonyl (C=O) groups excluding carboxylic acids is 3. The van der Waals surface area contributed by atoms with Gasteiger partial charge in [0.25, 0.3) is 0 Å². The lowest BCUT2D eigenvalue weighted by molar-refractivity contribution is -0.119. The summed E-state index contributed by atoms with van der Waals surface area (Å²) >= 11 is 0. The number of aromatic nitrogens is 3. The zero-order chi connectivity index (χ0) is 26.0. The van der Waals surface area contributed by atoms with Crippen molar-refractivity contribution in [2.45, 2.75) is 38.8 Å². The number of pyridine rings is 1. The standard InChI is InChI=1S/C29H28N6O3/c30-19-12-18-16-34(29(38)32-7-3-1-4-8-32)11-10-33-17-21(20(13-19)28(18)33)26-23(36)14-24(37)27(26)22-15-31-25-6-2-5-9-35(22)25/h2,5-6,9,12-13,15,17H,1,3-4,7-8,10-11,14,16,30H2. The van der Waals surface area contributed by atoms with Crippen LogP contribution in [0, 0.1) is 0 Å². The summed E-state index contributed by atoms with van der Waals surface area (Å²) in [5.74, 6) is -0.399. The molecule has 3 aromatic heterocycles. The number of hydrogen-bond donors (Lipinski definition) is 1. The number of carbonyl (C=O) groups is 3. The van der Waals surface area contributed by atoms with E-state index in [1.807, 2.05) is 56.9 Å². The zero-order valence-electron chi connectivity index (χ0n) is 21.0. The third kappa shape index (κ3) is 3.45. The molecule has 3 aliphatic rings. The van der Waals surface area contributed by atoms with Gasteiger partial charge in [0.15, 0.2) is 11.6 Å². The highest BCUT2D eigenvalue weighted by atomic mass is 16.2. The molecule has 2 amide bonds. The summed E-state index contributed by atoms with van der Waals surface area (Å²) in [7, 11) is 0. The van der Waals surface area contributed by atoms with Gasteiger partial charge in [-0.05, 0) is 49.1 Å². The third-order valence-corrected chi connectivity index (χ3v) is 8.01. The Hall–Kier alpha value is -4.40. The van der Waals surface area contributed by atoms with Crippen LogP contribution in [-0.4, -0.2) is 61.0 Å². The molecule has 2 N–H and O–H groups in total. The van der Waals surface area contributed by atoms with Crippen molar-refractivity contribution in [2.75, 3.05) is 25.4 Å². The minimum atomic E-state index is -0.203. The van der Waals surface area contributed by atoms with Crippen LogP contribution >= 0.6 is 0 Å². The van der Waals surface area contributed by atoms with Crippen LogP contribution in [-0.2, 0) is 22.7 Å². The average Bonchev–Trinajstić information content (AvgIpc) is 3.54. The van der Waals surface area contributed by atoms with Crippen molar-refractivity contribution in [3.05, 3.63) is 65.7 Å². The van der Waals surface area contributed by atoms with E-state index < -0.39 is 0 Å². The molecule has 9 nitrogen and oxygen atoms in total. The summed E-state index contributed by atoms with van der Waals surface area (Å²) in [6.07, 6.45) is 8.56. The van der Waals surface area contributed by atoms with Gasteiger partial charge >= 0.3 is 6.03 Å². The lowest BCUT2D eigenvalue weighted by Crippen LogP contribution is -2.45. The second-order valence-electron chi connectivity index (χ2n) is 10.4. The van der Waals surface area contributed by atoms with Gasteiger partial charge in [-0.1, -0.05) is 6.07 Å². The third-order valence-electron chi connectivity index (χ3n) is 8.01. The number of Topliss-reactive ketones (excluding diaryl/α,β-unsaturated/α-hetero) is 2. The molecule has 5 heterocycles. The molecule has 1 fully saturated rings. The maximum Gasteiger partial charge on any atom is 0.320 e. The van der Waals surface area contributed by atoms with Gasteiger partial charge in [0.1, 0.15) is 5.65 Å². The fourth-order valence-electron chi connectivity index (χ4n) is 6.29. The van der Waals surface area contributed by atoms with E-state index in [9.17, 15) is 14.4 Å². The Morgan fingerprint density at radius 2 is 1.74 bits per heavy atom. The highest BCUT2D eigenvalue weighted by Gasteiger charge is 2.36. The Bertz CT molecular complexity index is 1690. The molecule has 1 aliphatic carbocycles. The molecule has 0 atom stereocenters. The van der Waals surface area contributed by atoms with E-state index in [2.05, 4.69) is 9.55 Å². The van der Waals surface area contributed by atoms with Crippen LogP contribution in [0.4, 0.5) is 10.5 Å². The van der Waals surface area contributed by atoms with Gasteiger partial charge < -0.3 is 20.1 Å². The second-order valence-corrected chi connectivity index (χ2v) is 10.4. The molecule has 0 spiro atoms. The summed E-state index contributed by atoms with van der Waals surface area (Å²) in [4.78, 5) is 48.2. The first-order chi connectivity index (χ1) is 18.5. The molecule has 1 aromatic carbocycles. The number of nitrogens with zero attached hydrogens (tertiary/aromatic N) is 5. The number of amides is 2. The van der Waals surface area contributed by atoms with Gasteiger partial charge in [0.2, 0.25) is 0 Å². The number of ketones is 2. The van der Waals surface area contributed by atoms with Gasteiger partial charge in [-0.3, -0.25) is 14.0 Å². The largest absolute Gasteiger partial charge is 0.399 e. The lowest BCUT2D eigenvalue weighted by atomic mass is 9.97. The average molecular weight is 509 g/mol. The maximum atomic E-state index is 13.3. The molecule has 9 heteroatoms. The normalized spacial score (nSPS) is 18.2. The molecule has 7 rings (SSSR count). The van der Waals surface area contributed by atoms with Crippen molar-refractivity contribution >= 4 is 51.0 Å². The van der Waals surface area contributed by atoms with Gasteiger partial charge in [-0.25, -0.2) is 9.78 Å². The lowest BCUT2D eigenvalue weighted by Gasteiger charge is -2.32. The molecule has 0 unspecified atom stereocenters. The molecule has 0 radical (unpaired) electrons. The van der Waals surface area contributed by atoms with Gasteiger partial charge in [0.05, 0.1) is 29.4 Å².